The Hall–Kier alpha value is -1.94. The molecule has 21 heavy (non-hydrogen) atoms. The van der Waals surface area contributed by atoms with Gasteiger partial charge in [-0.3, -0.25) is 4.99 Å². The molecule has 3 nitrogen and oxygen atoms in total. The zero-order chi connectivity index (χ0) is 14.9. The van der Waals surface area contributed by atoms with Crippen molar-refractivity contribution in [3.05, 3.63) is 60.2 Å². The van der Waals surface area contributed by atoms with Gasteiger partial charge in [0.25, 0.3) is 0 Å². The van der Waals surface area contributed by atoms with E-state index in [1.54, 1.807) is 11.8 Å². The van der Waals surface area contributed by atoms with Gasteiger partial charge >= 0.3 is 0 Å². The van der Waals surface area contributed by atoms with Crippen molar-refractivity contribution in [1.29, 1.82) is 0 Å². The van der Waals surface area contributed by atoms with E-state index in [1.165, 1.54) is 10.5 Å². The Bertz CT molecular complexity index is 582. The Balaban J connectivity index is 1.78. The molecule has 2 aromatic rings. The Labute approximate surface area is 130 Å². The van der Waals surface area contributed by atoms with Gasteiger partial charge in [-0.25, -0.2) is 0 Å². The van der Waals surface area contributed by atoms with Crippen molar-refractivity contribution in [2.45, 2.75) is 18.2 Å². The number of nitrogens with one attached hydrogen (secondary N) is 1. The first kappa shape index (κ1) is 15.4. The summed E-state index contributed by atoms with van der Waals surface area (Å²) in [6.45, 7) is 2.84. The van der Waals surface area contributed by atoms with Crippen LogP contribution in [0.25, 0.3) is 0 Å². The number of rotatable bonds is 6. The lowest BCUT2D eigenvalue weighted by Crippen LogP contribution is -2.23. The van der Waals surface area contributed by atoms with Gasteiger partial charge in [-0.15, -0.1) is 11.8 Å². The Morgan fingerprint density at radius 2 is 1.95 bits per heavy atom. The smallest absolute Gasteiger partial charge is 0.193 e. The summed E-state index contributed by atoms with van der Waals surface area (Å²) in [5, 5.41) is 3.13. The molecule has 0 aliphatic rings. The van der Waals surface area contributed by atoms with Crippen molar-refractivity contribution >= 4 is 23.4 Å². The van der Waals surface area contributed by atoms with E-state index >= 15 is 0 Å². The summed E-state index contributed by atoms with van der Waals surface area (Å²) >= 11 is 1.78. The summed E-state index contributed by atoms with van der Waals surface area (Å²) in [6, 6.07) is 18.5. The van der Waals surface area contributed by atoms with E-state index in [0.717, 1.165) is 17.9 Å². The fourth-order valence-electron chi connectivity index (χ4n) is 1.90. The number of benzene rings is 2. The molecule has 0 saturated heterocycles. The molecule has 0 radical (unpaired) electrons. The van der Waals surface area contributed by atoms with E-state index in [4.69, 9.17) is 5.73 Å². The predicted molar refractivity (Wildman–Crippen MR) is 93.1 cm³/mol. The summed E-state index contributed by atoms with van der Waals surface area (Å²) in [7, 11) is 0. The molecule has 0 aliphatic heterocycles. The van der Waals surface area contributed by atoms with Gasteiger partial charge in [0.2, 0.25) is 0 Å². The van der Waals surface area contributed by atoms with Crippen LogP contribution in [0.15, 0.2) is 64.5 Å². The normalized spacial score (nSPS) is 11.4. The number of thioether (sulfide) groups is 1. The molecule has 0 aliphatic carbocycles. The molecule has 0 spiro atoms. The topological polar surface area (TPSA) is 50.4 Å². The third kappa shape index (κ3) is 5.52. The van der Waals surface area contributed by atoms with E-state index in [1.807, 2.05) is 30.3 Å². The summed E-state index contributed by atoms with van der Waals surface area (Å²) < 4.78 is 0. The first-order valence-corrected chi connectivity index (χ1v) is 8.10. The van der Waals surface area contributed by atoms with Crippen LogP contribution in [0.1, 0.15) is 12.5 Å². The average molecular weight is 299 g/mol. The summed E-state index contributed by atoms with van der Waals surface area (Å²) in [6.07, 6.45) is 1.01. The number of hydrogen-bond acceptors (Lipinski definition) is 2. The minimum absolute atomic E-state index is 0.469. The van der Waals surface area contributed by atoms with Crippen LogP contribution < -0.4 is 11.1 Å². The van der Waals surface area contributed by atoms with Crippen molar-refractivity contribution in [2.24, 2.45) is 10.7 Å². The number of anilines is 1. The zero-order valence-corrected chi connectivity index (χ0v) is 13.1. The predicted octanol–water partition coefficient (Wildman–Crippen LogP) is 3.77. The molecule has 2 rings (SSSR count). The fraction of sp³-hybridized carbons (Fsp3) is 0.235. The maximum atomic E-state index is 5.91. The first-order valence-electron chi connectivity index (χ1n) is 7.11. The van der Waals surface area contributed by atoms with Gasteiger partial charge in [-0.1, -0.05) is 37.3 Å². The maximum absolute atomic E-state index is 5.91. The lowest BCUT2D eigenvalue weighted by Gasteiger charge is -2.07. The summed E-state index contributed by atoms with van der Waals surface area (Å²) in [4.78, 5) is 5.61. The van der Waals surface area contributed by atoms with Crippen molar-refractivity contribution in [3.8, 4) is 0 Å². The third-order valence-corrected chi connectivity index (χ3v) is 3.99. The fourth-order valence-corrected chi connectivity index (χ4v) is 2.67. The largest absolute Gasteiger partial charge is 0.370 e. The van der Waals surface area contributed by atoms with Crippen molar-refractivity contribution in [1.82, 2.24) is 0 Å². The quantitative estimate of drug-likeness (QED) is 0.369. The average Bonchev–Trinajstić information content (AvgIpc) is 2.53. The van der Waals surface area contributed by atoms with E-state index in [-0.39, 0.29) is 0 Å². The second-order valence-electron chi connectivity index (χ2n) is 4.61. The van der Waals surface area contributed by atoms with Crippen LogP contribution in [0.5, 0.6) is 0 Å². The van der Waals surface area contributed by atoms with Gasteiger partial charge in [0, 0.05) is 16.3 Å². The van der Waals surface area contributed by atoms with Gasteiger partial charge in [-0.2, -0.15) is 0 Å². The van der Waals surface area contributed by atoms with E-state index in [9.17, 15) is 0 Å². The van der Waals surface area contributed by atoms with Gasteiger partial charge in [0.05, 0.1) is 6.54 Å². The highest BCUT2D eigenvalue weighted by molar-refractivity contribution is 7.99. The van der Waals surface area contributed by atoms with Crippen molar-refractivity contribution in [2.75, 3.05) is 17.6 Å². The lowest BCUT2D eigenvalue weighted by molar-refractivity contribution is 1.13. The zero-order valence-electron chi connectivity index (χ0n) is 12.3. The molecule has 0 unspecified atom stereocenters. The molecule has 3 N–H and O–H groups in total. The third-order valence-electron chi connectivity index (χ3n) is 2.99. The van der Waals surface area contributed by atoms with Gasteiger partial charge in [0.1, 0.15) is 0 Å². The van der Waals surface area contributed by atoms with Crippen molar-refractivity contribution in [3.63, 3.8) is 0 Å². The summed E-state index contributed by atoms with van der Waals surface area (Å²) in [5.74, 6) is 1.39. The van der Waals surface area contributed by atoms with Crippen LogP contribution >= 0.6 is 11.8 Å². The van der Waals surface area contributed by atoms with Gasteiger partial charge in [-0.05, 0) is 36.2 Å². The number of hydrogen-bond donors (Lipinski definition) is 2. The maximum Gasteiger partial charge on any atom is 0.193 e. The number of aryl methyl sites for hydroxylation is 1. The molecule has 2 aromatic carbocycles. The minimum atomic E-state index is 0.469. The molecule has 0 heterocycles. The first-order chi connectivity index (χ1) is 10.3. The molecule has 110 valence electrons. The van der Waals surface area contributed by atoms with Gasteiger partial charge < -0.3 is 11.1 Å². The molecule has 4 heteroatoms. The number of nitrogens with zero attached hydrogens (tertiary/aromatic N) is 1. The highest BCUT2D eigenvalue weighted by Crippen LogP contribution is 2.16. The Morgan fingerprint density at radius 1 is 1.14 bits per heavy atom. The summed E-state index contributed by atoms with van der Waals surface area (Å²) in [5.41, 5.74) is 8.18. The molecule has 0 amide bonds. The van der Waals surface area contributed by atoms with Crippen LogP contribution in [-0.2, 0) is 6.42 Å². The molecule has 0 aromatic heterocycles. The van der Waals surface area contributed by atoms with Crippen LogP contribution in [0.2, 0.25) is 0 Å². The Kier molecular flexibility index (Phi) is 6.16. The van der Waals surface area contributed by atoms with E-state index < -0.39 is 0 Å². The monoisotopic (exact) mass is 299 g/mol. The minimum Gasteiger partial charge on any atom is -0.370 e. The lowest BCUT2D eigenvalue weighted by atomic mass is 10.1. The number of aliphatic imine (C=N–C) groups is 1. The second-order valence-corrected chi connectivity index (χ2v) is 5.78. The molecular weight excluding hydrogens is 278 g/mol. The van der Waals surface area contributed by atoms with Crippen LogP contribution in [-0.4, -0.2) is 18.3 Å². The highest BCUT2D eigenvalue weighted by atomic mass is 32.2. The van der Waals surface area contributed by atoms with E-state index in [2.05, 4.69) is 41.5 Å². The highest BCUT2D eigenvalue weighted by Gasteiger charge is 1.97. The van der Waals surface area contributed by atoms with Gasteiger partial charge in [0.15, 0.2) is 5.96 Å². The second kappa shape index (κ2) is 8.37. The molecular formula is C17H21N3S. The van der Waals surface area contributed by atoms with E-state index in [0.29, 0.717) is 12.5 Å². The van der Waals surface area contributed by atoms with Crippen LogP contribution in [0.4, 0.5) is 5.69 Å². The SMILES string of the molecule is CCc1cccc(NC(N)=NCCSc2ccccc2)c1. The molecule has 0 saturated carbocycles. The molecule has 0 bridgehead atoms. The molecule has 0 atom stereocenters. The Morgan fingerprint density at radius 3 is 2.71 bits per heavy atom. The number of nitrogens with two attached hydrogens (primary N) is 1. The van der Waals surface area contributed by atoms with Crippen molar-refractivity contribution < 1.29 is 0 Å². The molecule has 0 fully saturated rings. The standard InChI is InChI=1S/C17H21N3S/c1-2-14-7-6-8-15(13-14)20-17(18)19-11-12-21-16-9-4-3-5-10-16/h3-10,13H,2,11-12H2,1H3,(H3,18,19,20). The van der Waals surface area contributed by atoms with Crippen LogP contribution in [0.3, 0.4) is 0 Å². The number of guanidine groups is 1. The van der Waals surface area contributed by atoms with Crippen LogP contribution in [0, 0.1) is 0 Å².